The van der Waals surface area contributed by atoms with Crippen molar-refractivity contribution in [2.45, 2.75) is 32.5 Å². The summed E-state index contributed by atoms with van der Waals surface area (Å²) in [5.41, 5.74) is 5.19. The minimum atomic E-state index is -4.37. The summed E-state index contributed by atoms with van der Waals surface area (Å²) in [6, 6.07) is 4.01. The molecule has 0 saturated carbocycles. The normalized spacial score (nSPS) is 12.1. The van der Waals surface area contributed by atoms with Gasteiger partial charge in [-0.3, -0.25) is 0 Å². The number of halogens is 3. The number of nitrogens with one attached hydrogen (secondary N) is 1. The van der Waals surface area contributed by atoms with Gasteiger partial charge in [0.05, 0.1) is 16.9 Å². The molecule has 0 aliphatic rings. The van der Waals surface area contributed by atoms with Gasteiger partial charge < -0.3 is 15.8 Å². The second-order valence-electron chi connectivity index (χ2n) is 5.27. The maximum absolute atomic E-state index is 12.2. The highest BCUT2D eigenvalue weighted by Crippen LogP contribution is 2.24. The SMILES string of the molecule is CC(C)(C)OC(=O)c1ccc(N)c(NCC(F)(F)F)c1. The average molecular weight is 290 g/mol. The number of hydrogen-bond donors (Lipinski definition) is 2. The third kappa shape index (κ3) is 5.38. The van der Waals surface area contributed by atoms with Gasteiger partial charge in [0.25, 0.3) is 0 Å². The van der Waals surface area contributed by atoms with Crippen LogP contribution in [0.15, 0.2) is 18.2 Å². The molecule has 7 heteroatoms. The van der Waals surface area contributed by atoms with E-state index in [1.54, 1.807) is 20.8 Å². The van der Waals surface area contributed by atoms with Gasteiger partial charge >= 0.3 is 12.1 Å². The van der Waals surface area contributed by atoms with Gasteiger partial charge in [-0.1, -0.05) is 0 Å². The summed E-state index contributed by atoms with van der Waals surface area (Å²) in [4.78, 5) is 11.8. The van der Waals surface area contributed by atoms with Crippen molar-refractivity contribution in [2.75, 3.05) is 17.6 Å². The van der Waals surface area contributed by atoms with E-state index in [2.05, 4.69) is 5.32 Å². The van der Waals surface area contributed by atoms with Crippen molar-refractivity contribution in [2.24, 2.45) is 0 Å². The first-order chi connectivity index (χ1) is 8.98. The minimum absolute atomic E-state index is 0.0469. The molecule has 3 N–H and O–H groups in total. The van der Waals surface area contributed by atoms with Crippen LogP contribution in [0.1, 0.15) is 31.1 Å². The number of carbonyl (C=O) groups is 1. The Morgan fingerprint density at radius 2 is 1.90 bits per heavy atom. The Hall–Kier alpha value is -1.92. The Morgan fingerprint density at radius 3 is 2.40 bits per heavy atom. The Bertz CT molecular complexity index is 493. The van der Waals surface area contributed by atoms with E-state index in [1.807, 2.05) is 0 Å². The average Bonchev–Trinajstić information content (AvgIpc) is 2.24. The van der Waals surface area contributed by atoms with Crippen LogP contribution in [0.5, 0.6) is 0 Å². The van der Waals surface area contributed by atoms with E-state index >= 15 is 0 Å². The van der Waals surface area contributed by atoms with Gasteiger partial charge in [-0.05, 0) is 39.0 Å². The molecule has 0 heterocycles. The molecule has 1 rings (SSSR count). The van der Waals surface area contributed by atoms with Crippen LogP contribution >= 0.6 is 0 Å². The Kier molecular flexibility index (Phi) is 4.52. The Balaban J connectivity index is 2.88. The third-order valence-corrected chi connectivity index (χ3v) is 2.17. The summed E-state index contributed by atoms with van der Waals surface area (Å²) in [5, 5.41) is 2.15. The topological polar surface area (TPSA) is 64.3 Å². The second-order valence-corrected chi connectivity index (χ2v) is 5.27. The lowest BCUT2D eigenvalue weighted by molar-refractivity contribution is -0.115. The molecule has 0 aromatic heterocycles. The lowest BCUT2D eigenvalue weighted by atomic mass is 10.1. The number of esters is 1. The summed E-state index contributed by atoms with van der Waals surface area (Å²) in [6.07, 6.45) is -4.37. The van der Waals surface area contributed by atoms with Crippen molar-refractivity contribution in [1.82, 2.24) is 0 Å². The lowest BCUT2D eigenvalue weighted by Crippen LogP contribution is -2.24. The Labute approximate surface area is 115 Å². The molecule has 0 amide bonds. The molecule has 4 nitrogen and oxygen atoms in total. The quantitative estimate of drug-likeness (QED) is 0.663. The van der Waals surface area contributed by atoms with Crippen LogP contribution < -0.4 is 11.1 Å². The van der Waals surface area contributed by atoms with Gasteiger partial charge in [0, 0.05) is 0 Å². The van der Waals surface area contributed by atoms with E-state index < -0.39 is 24.3 Å². The first-order valence-electron chi connectivity index (χ1n) is 5.91. The maximum atomic E-state index is 12.2. The standard InChI is InChI=1S/C13H17F3N2O2/c1-12(2,3)20-11(19)8-4-5-9(17)10(6-8)18-7-13(14,15)16/h4-6,18H,7,17H2,1-3H3. The fraction of sp³-hybridized carbons (Fsp3) is 0.462. The zero-order valence-corrected chi connectivity index (χ0v) is 11.5. The number of benzene rings is 1. The van der Waals surface area contributed by atoms with Gasteiger partial charge in [0.15, 0.2) is 0 Å². The molecule has 1 aromatic carbocycles. The highest BCUT2D eigenvalue weighted by molar-refractivity contribution is 5.92. The van der Waals surface area contributed by atoms with Gasteiger partial charge in [-0.2, -0.15) is 13.2 Å². The number of nitrogens with two attached hydrogens (primary N) is 1. The van der Waals surface area contributed by atoms with Crippen molar-refractivity contribution in [3.8, 4) is 0 Å². The molecule has 0 unspecified atom stereocenters. The van der Waals surface area contributed by atoms with E-state index in [4.69, 9.17) is 10.5 Å². The molecule has 1 aromatic rings. The monoisotopic (exact) mass is 290 g/mol. The second kappa shape index (κ2) is 5.60. The molecular formula is C13H17F3N2O2. The molecular weight excluding hydrogens is 273 g/mol. The van der Waals surface area contributed by atoms with Gasteiger partial charge in [0.1, 0.15) is 12.1 Å². The van der Waals surface area contributed by atoms with Gasteiger partial charge in [0.2, 0.25) is 0 Å². The number of hydrogen-bond acceptors (Lipinski definition) is 4. The van der Waals surface area contributed by atoms with Crippen LogP contribution in [0.3, 0.4) is 0 Å². The number of rotatable bonds is 3. The van der Waals surface area contributed by atoms with Gasteiger partial charge in [-0.15, -0.1) is 0 Å². The Morgan fingerprint density at radius 1 is 1.30 bits per heavy atom. The predicted molar refractivity (Wildman–Crippen MR) is 70.6 cm³/mol. The van der Waals surface area contributed by atoms with E-state index in [9.17, 15) is 18.0 Å². The van der Waals surface area contributed by atoms with Crippen LogP contribution in [-0.4, -0.2) is 24.3 Å². The van der Waals surface area contributed by atoms with Crippen molar-refractivity contribution in [1.29, 1.82) is 0 Å². The van der Waals surface area contributed by atoms with E-state index in [1.165, 1.54) is 18.2 Å². The third-order valence-electron chi connectivity index (χ3n) is 2.17. The number of anilines is 2. The molecule has 0 atom stereocenters. The molecule has 0 radical (unpaired) electrons. The smallest absolute Gasteiger partial charge is 0.405 e. The minimum Gasteiger partial charge on any atom is -0.456 e. The molecule has 20 heavy (non-hydrogen) atoms. The number of carbonyl (C=O) groups excluding carboxylic acids is 1. The number of ether oxygens (including phenoxy) is 1. The predicted octanol–water partition coefficient (Wildman–Crippen LogP) is 3.20. The summed E-state index contributed by atoms with van der Waals surface area (Å²) in [5.74, 6) is -0.618. The number of nitrogen functional groups attached to an aromatic ring is 1. The molecule has 0 aliphatic carbocycles. The lowest BCUT2D eigenvalue weighted by Gasteiger charge is -2.20. The summed E-state index contributed by atoms with van der Waals surface area (Å²) < 4.78 is 41.6. The molecule has 112 valence electrons. The first-order valence-corrected chi connectivity index (χ1v) is 5.91. The van der Waals surface area contributed by atoms with E-state index in [0.717, 1.165) is 0 Å². The fourth-order valence-electron chi connectivity index (χ4n) is 1.37. The highest BCUT2D eigenvalue weighted by atomic mass is 19.4. The van der Waals surface area contributed by atoms with Crippen molar-refractivity contribution in [3.63, 3.8) is 0 Å². The molecule has 0 spiro atoms. The molecule has 0 aliphatic heterocycles. The maximum Gasteiger partial charge on any atom is 0.405 e. The van der Waals surface area contributed by atoms with Crippen LogP contribution in [0.25, 0.3) is 0 Å². The zero-order valence-electron chi connectivity index (χ0n) is 11.5. The summed E-state index contributed by atoms with van der Waals surface area (Å²) in [6.45, 7) is 3.87. The van der Waals surface area contributed by atoms with Crippen molar-refractivity contribution in [3.05, 3.63) is 23.8 Å². The van der Waals surface area contributed by atoms with Crippen LogP contribution in [0, 0.1) is 0 Å². The van der Waals surface area contributed by atoms with E-state index in [-0.39, 0.29) is 16.9 Å². The van der Waals surface area contributed by atoms with Gasteiger partial charge in [-0.25, -0.2) is 4.79 Å². The fourth-order valence-corrected chi connectivity index (χ4v) is 1.37. The van der Waals surface area contributed by atoms with Crippen LogP contribution in [0.4, 0.5) is 24.5 Å². The highest BCUT2D eigenvalue weighted by Gasteiger charge is 2.27. The summed E-state index contributed by atoms with van der Waals surface area (Å²) >= 11 is 0. The molecule has 0 fully saturated rings. The number of alkyl halides is 3. The van der Waals surface area contributed by atoms with Crippen LogP contribution in [0.2, 0.25) is 0 Å². The van der Waals surface area contributed by atoms with Crippen LogP contribution in [-0.2, 0) is 4.74 Å². The summed E-state index contributed by atoms with van der Waals surface area (Å²) in [7, 11) is 0. The molecule has 0 saturated heterocycles. The van der Waals surface area contributed by atoms with E-state index in [0.29, 0.717) is 0 Å². The largest absolute Gasteiger partial charge is 0.456 e. The zero-order chi connectivity index (χ0) is 15.6. The molecule has 0 bridgehead atoms. The first kappa shape index (κ1) is 16.1. The van der Waals surface area contributed by atoms with Crippen molar-refractivity contribution >= 4 is 17.3 Å². The van der Waals surface area contributed by atoms with Crippen molar-refractivity contribution < 1.29 is 22.7 Å².